The predicted octanol–water partition coefficient (Wildman–Crippen LogP) is 3.57. The van der Waals surface area contributed by atoms with Crippen LogP contribution in [-0.4, -0.2) is 51.9 Å². The number of carbonyl (C=O) groups is 2. The van der Waals surface area contributed by atoms with Gasteiger partial charge in [0.05, 0.1) is 16.7 Å². The number of aryl methyl sites for hydroxylation is 1. The SMILES string of the molecule is Cn1nc(C(C)(C)C)c2c1N(CC(=O)N1CCCC1)C(=O)CSC2c1cccs1. The molecule has 1 fully saturated rings. The van der Waals surface area contributed by atoms with Crippen LogP contribution in [0.25, 0.3) is 0 Å². The van der Waals surface area contributed by atoms with Gasteiger partial charge in [0.25, 0.3) is 0 Å². The zero-order valence-corrected chi connectivity index (χ0v) is 19.1. The van der Waals surface area contributed by atoms with Crippen LogP contribution in [0.2, 0.25) is 0 Å². The van der Waals surface area contributed by atoms with Crippen LogP contribution in [0.5, 0.6) is 0 Å². The van der Waals surface area contributed by atoms with Gasteiger partial charge in [-0.25, -0.2) is 0 Å². The van der Waals surface area contributed by atoms with Crippen LogP contribution in [-0.2, 0) is 22.1 Å². The lowest BCUT2D eigenvalue weighted by atomic mass is 9.88. The third-order valence-corrected chi connectivity index (χ3v) is 7.83. The van der Waals surface area contributed by atoms with Gasteiger partial charge in [-0.2, -0.15) is 5.10 Å². The largest absolute Gasteiger partial charge is 0.341 e. The summed E-state index contributed by atoms with van der Waals surface area (Å²) in [4.78, 5) is 30.8. The fraction of sp³-hybridized carbons (Fsp3) is 0.571. The number of fused-ring (bicyclic) bond motifs is 1. The first-order valence-electron chi connectivity index (χ1n) is 10.1. The maximum atomic E-state index is 13.2. The summed E-state index contributed by atoms with van der Waals surface area (Å²) in [5.41, 5.74) is 1.90. The minimum absolute atomic E-state index is 0.0219. The minimum Gasteiger partial charge on any atom is -0.341 e. The van der Waals surface area contributed by atoms with Crippen molar-refractivity contribution in [3.63, 3.8) is 0 Å². The molecule has 0 aromatic carbocycles. The molecular weight excluding hydrogens is 404 g/mol. The fourth-order valence-corrected chi connectivity index (χ4v) is 6.29. The van der Waals surface area contributed by atoms with Crippen molar-refractivity contribution in [1.82, 2.24) is 14.7 Å². The van der Waals surface area contributed by atoms with E-state index in [1.165, 1.54) is 4.88 Å². The Morgan fingerprint density at radius 2 is 2.00 bits per heavy atom. The molecule has 2 aliphatic heterocycles. The van der Waals surface area contributed by atoms with Crippen LogP contribution < -0.4 is 4.90 Å². The summed E-state index contributed by atoms with van der Waals surface area (Å²) in [6, 6.07) is 4.18. The van der Waals surface area contributed by atoms with Crippen molar-refractivity contribution < 1.29 is 9.59 Å². The molecule has 8 heteroatoms. The molecule has 1 unspecified atom stereocenters. The zero-order chi connectivity index (χ0) is 20.8. The molecule has 0 saturated carbocycles. The molecule has 2 aliphatic rings. The summed E-state index contributed by atoms with van der Waals surface area (Å²) in [6.07, 6.45) is 2.09. The number of likely N-dealkylation sites (tertiary alicyclic amines) is 1. The number of rotatable bonds is 3. The number of amides is 2. The van der Waals surface area contributed by atoms with E-state index >= 15 is 0 Å². The number of aromatic nitrogens is 2. The van der Waals surface area contributed by atoms with E-state index in [1.807, 2.05) is 11.9 Å². The molecule has 1 atom stereocenters. The van der Waals surface area contributed by atoms with Gasteiger partial charge in [0.2, 0.25) is 11.8 Å². The first-order valence-corrected chi connectivity index (χ1v) is 12.0. The third-order valence-electron chi connectivity index (χ3n) is 5.51. The number of hydrogen-bond acceptors (Lipinski definition) is 5. The molecule has 2 aromatic rings. The van der Waals surface area contributed by atoms with Crippen LogP contribution in [0, 0.1) is 0 Å². The Morgan fingerprint density at radius 3 is 2.62 bits per heavy atom. The smallest absolute Gasteiger partial charge is 0.242 e. The summed E-state index contributed by atoms with van der Waals surface area (Å²) in [6.45, 7) is 8.12. The molecule has 0 bridgehead atoms. The van der Waals surface area contributed by atoms with Crippen molar-refractivity contribution in [2.75, 3.05) is 30.3 Å². The van der Waals surface area contributed by atoms with Crippen LogP contribution >= 0.6 is 23.1 Å². The van der Waals surface area contributed by atoms with Gasteiger partial charge in [-0.3, -0.25) is 19.2 Å². The van der Waals surface area contributed by atoms with Crippen molar-refractivity contribution in [3.8, 4) is 0 Å². The summed E-state index contributed by atoms with van der Waals surface area (Å²) in [7, 11) is 1.89. The Hall–Kier alpha value is -1.80. The molecule has 0 spiro atoms. The van der Waals surface area contributed by atoms with Crippen LogP contribution in [0.1, 0.15) is 55.0 Å². The highest BCUT2D eigenvalue weighted by Gasteiger charge is 2.39. The lowest BCUT2D eigenvalue weighted by molar-refractivity contribution is -0.130. The summed E-state index contributed by atoms with van der Waals surface area (Å²) in [5, 5.41) is 6.96. The number of hydrogen-bond donors (Lipinski definition) is 0. The second kappa shape index (κ2) is 7.80. The molecule has 1 saturated heterocycles. The molecule has 4 heterocycles. The summed E-state index contributed by atoms with van der Waals surface area (Å²) >= 11 is 3.35. The average Bonchev–Trinajstić information content (AvgIpc) is 3.39. The van der Waals surface area contributed by atoms with Crippen LogP contribution in [0.15, 0.2) is 17.5 Å². The maximum Gasteiger partial charge on any atom is 0.242 e. The van der Waals surface area contributed by atoms with E-state index in [1.54, 1.807) is 32.7 Å². The highest BCUT2D eigenvalue weighted by Crippen LogP contribution is 2.48. The Morgan fingerprint density at radius 1 is 1.28 bits per heavy atom. The van der Waals surface area contributed by atoms with Crippen molar-refractivity contribution >= 4 is 40.7 Å². The van der Waals surface area contributed by atoms with Gasteiger partial charge in [0, 0.05) is 36.0 Å². The van der Waals surface area contributed by atoms with Crippen LogP contribution in [0.3, 0.4) is 0 Å². The van der Waals surface area contributed by atoms with Gasteiger partial charge in [-0.15, -0.1) is 23.1 Å². The molecule has 29 heavy (non-hydrogen) atoms. The lowest BCUT2D eigenvalue weighted by Crippen LogP contribution is -2.43. The Bertz CT molecular complexity index is 908. The van der Waals surface area contributed by atoms with Crippen molar-refractivity contribution in [2.45, 2.75) is 44.3 Å². The molecule has 0 N–H and O–H groups in total. The van der Waals surface area contributed by atoms with E-state index in [9.17, 15) is 9.59 Å². The fourth-order valence-electron chi connectivity index (χ4n) is 4.11. The van der Waals surface area contributed by atoms with Gasteiger partial charge >= 0.3 is 0 Å². The quantitative estimate of drug-likeness (QED) is 0.744. The van der Waals surface area contributed by atoms with Gasteiger partial charge in [0.1, 0.15) is 12.4 Å². The first-order chi connectivity index (χ1) is 13.8. The summed E-state index contributed by atoms with van der Waals surface area (Å²) in [5.74, 6) is 1.13. The molecule has 2 aromatic heterocycles. The minimum atomic E-state index is -0.167. The number of anilines is 1. The van der Waals surface area contributed by atoms with Crippen molar-refractivity contribution in [1.29, 1.82) is 0 Å². The maximum absolute atomic E-state index is 13.2. The van der Waals surface area contributed by atoms with Gasteiger partial charge < -0.3 is 4.90 Å². The Kier molecular flexibility index (Phi) is 5.50. The molecular formula is C21H28N4O2S2. The average molecular weight is 433 g/mol. The molecule has 0 aliphatic carbocycles. The van der Waals surface area contributed by atoms with E-state index in [0.29, 0.717) is 5.75 Å². The van der Waals surface area contributed by atoms with E-state index in [2.05, 4.69) is 38.3 Å². The van der Waals surface area contributed by atoms with Gasteiger partial charge in [-0.05, 0) is 24.3 Å². The lowest BCUT2D eigenvalue weighted by Gasteiger charge is -2.25. The van der Waals surface area contributed by atoms with Gasteiger partial charge in [0.15, 0.2) is 0 Å². The Labute approximate surface area is 180 Å². The molecule has 4 rings (SSSR count). The molecule has 0 radical (unpaired) electrons. The monoisotopic (exact) mass is 432 g/mol. The van der Waals surface area contributed by atoms with E-state index in [4.69, 9.17) is 5.10 Å². The number of nitrogens with zero attached hydrogens (tertiary/aromatic N) is 4. The van der Waals surface area contributed by atoms with Crippen molar-refractivity contribution in [2.24, 2.45) is 7.05 Å². The molecule has 6 nitrogen and oxygen atoms in total. The molecule has 2 amide bonds. The van der Waals surface area contributed by atoms with Crippen LogP contribution in [0.4, 0.5) is 5.82 Å². The van der Waals surface area contributed by atoms with E-state index in [-0.39, 0.29) is 29.0 Å². The van der Waals surface area contributed by atoms with Gasteiger partial charge in [-0.1, -0.05) is 26.8 Å². The Balaban J connectivity index is 1.81. The van der Waals surface area contributed by atoms with E-state index < -0.39 is 0 Å². The number of thioether (sulfide) groups is 1. The molecule has 156 valence electrons. The van der Waals surface area contributed by atoms with Crippen molar-refractivity contribution in [3.05, 3.63) is 33.6 Å². The number of thiophene rings is 1. The zero-order valence-electron chi connectivity index (χ0n) is 17.5. The summed E-state index contributed by atoms with van der Waals surface area (Å²) < 4.78 is 1.80. The topological polar surface area (TPSA) is 58.4 Å². The standard InChI is InChI=1S/C21H28N4O2S2/c1-21(2,3)19-17-18(14-8-7-11-28-14)29-13-16(27)25(20(17)23(4)22-19)12-15(26)24-9-5-6-10-24/h7-8,11,18H,5-6,9-10,12-13H2,1-4H3. The predicted molar refractivity (Wildman–Crippen MR) is 119 cm³/mol. The highest BCUT2D eigenvalue weighted by atomic mass is 32.2. The third kappa shape index (κ3) is 3.84. The normalized spacial score (nSPS) is 20.1. The number of carbonyl (C=O) groups excluding carboxylic acids is 2. The first kappa shape index (κ1) is 20.5. The highest BCUT2D eigenvalue weighted by molar-refractivity contribution is 8.00. The second-order valence-electron chi connectivity index (χ2n) is 8.73. The second-order valence-corrected chi connectivity index (χ2v) is 10.8. The van der Waals surface area contributed by atoms with E-state index in [0.717, 1.165) is 43.0 Å².